The third-order valence-corrected chi connectivity index (χ3v) is 6.03. The molecule has 182 valence electrons. The van der Waals surface area contributed by atoms with Crippen molar-refractivity contribution < 1.29 is 18.7 Å². The van der Waals surface area contributed by atoms with E-state index in [-0.39, 0.29) is 11.9 Å². The highest BCUT2D eigenvalue weighted by atomic mass is 16.5. The minimum Gasteiger partial charge on any atom is -0.497 e. The number of benzene rings is 1. The number of amides is 1. The normalized spacial score (nSPS) is 15.0. The molecule has 0 saturated heterocycles. The van der Waals surface area contributed by atoms with Crippen molar-refractivity contribution in [1.29, 1.82) is 0 Å². The fourth-order valence-corrected chi connectivity index (χ4v) is 4.36. The molecule has 0 fully saturated rings. The van der Waals surface area contributed by atoms with E-state index in [1.807, 2.05) is 18.2 Å². The topological polar surface area (TPSA) is 94.6 Å². The molecule has 3 aromatic rings. The molecule has 0 aliphatic carbocycles. The van der Waals surface area contributed by atoms with Gasteiger partial charge in [0, 0.05) is 38.7 Å². The number of ether oxygens (including phenoxy) is 2. The van der Waals surface area contributed by atoms with Crippen molar-refractivity contribution >= 4 is 5.91 Å². The second kappa shape index (κ2) is 10.7. The summed E-state index contributed by atoms with van der Waals surface area (Å²) in [6.45, 7) is 7.52. The molecule has 3 heterocycles. The van der Waals surface area contributed by atoms with Crippen LogP contribution in [0.4, 0.5) is 0 Å². The summed E-state index contributed by atoms with van der Waals surface area (Å²) in [7, 11) is 3.33. The number of hydrogen-bond donors (Lipinski definition) is 1. The van der Waals surface area contributed by atoms with Crippen molar-refractivity contribution in [3.05, 3.63) is 59.6 Å². The van der Waals surface area contributed by atoms with Gasteiger partial charge >= 0.3 is 0 Å². The van der Waals surface area contributed by atoms with Crippen LogP contribution in [0.1, 0.15) is 54.1 Å². The summed E-state index contributed by atoms with van der Waals surface area (Å²) >= 11 is 0. The fraction of sp³-hybridized carbons (Fsp3) is 0.480. The minimum atomic E-state index is -0.243. The van der Waals surface area contributed by atoms with Crippen LogP contribution in [0.25, 0.3) is 0 Å². The van der Waals surface area contributed by atoms with Gasteiger partial charge in [-0.05, 0) is 42.2 Å². The molecule has 0 unspecified atom stereocenters. The zero-order chi connectivity index (χ0) is 24.1. The number of furan rings is 1. The average Bonchev–Trinajstić information content (AvgIpc) is 3.46. The maximum atomic E-state index is 12.7. The van der Waals surface area contributed by atoms with E-state index in [2.05, 4.69) is 38.8 Å². The van der Waals surface area contributed by atoms with Crippen LogP contribution in [0.3, 0.4) is 0 Å². The van der Waals surface area contributed by atoms with Gasteiger partial charge in [-0.25, -0.2) is 0 Å². The van der Waals surface area contributed by atoms with Gasteiger partial charge in [-0.1, -0.05) is 13.8 Å². The van der Waals surface area contributed by atoms with Crippen molar-refractivity contribution in [3.8, 4) is 11.5 Å². The molecule has 0 saturated carbocycles. The second-order valence-electron chi connectivity index (χ2n) is 9.01. The van der Waals surface area contributed by atoms with E-state index in [0.717, 1.165) is 67.7 Å². The van der Waals surface area contributed by atoms with Gasteiger partial charge in [0.25, 0.3) is 5.91 Å². The van der Waals surface area contributed by atoms with E-state index in [1.165, 1.54) is 6.26 Å². The molecule has 1 aromatic carbocycles. The molecule has 4 rings (SSSR count). The summed E-state index contributed by atoms with van der Waals surface area (Å²) < 4.78 is 18.3. The Hall–Kier alpha value is -3.33. The predicted octanol–water partition coefficient (Wildman–Crippen LogP) is 3.46. The van der Waals surface area contributed by atoms with Gasteiger partial charge < -0.3 is 23.8 Å². The number of methoxy groups -OCH3 is 2. The molecule has 1 N–H and O–H groups in total. The van der Waals surface area contributed by atoms with E-state index in [1.54, 1.807) is 26.4 Å². The van der Waals surface area contributed by atoms with Gasteiger partial charge in [-0.2, -0.15) is 0 Å². The predicted molar refractivity (Wildman–Crippen MR) is 127 cm³/mol. The quantitative estimate of drug-likeness (QED) is 0.515. The first-order chi connectivity index (χ1) is 16.5. The SMILES string of the molecule is COc1cc(CN2CCc3nnc([C@@H](CC(C)C)NC(=O)c4ccco4)n3CC2)cc(OC)c1. The van der Waals surface area contributed by atoms with Crippen LogP contribution >= 0.6 is 0 Å². The summed E-state index contributed by atoms with van der Waals surface area (Å²) in [5, 5.41) is 12.1. The molecule has 0 spiro atoms. The van der Waals surface area contributed by atoms with Crippen LogP contribution in [0.15, 0.2) is 41.0 Å². The number of aromatic nitrogens is 3. The van der Waals surface area contributed by atoms with Crippen molar-refractivity contribution in [3.63, 3.8) is 0 Å². The lowest BCUT2D eigenvalue weighted by atomic mass is 10.0. The van der Waals surface area contributed by atoms with E-state index >= 15 is 0 Å². The van der Waals surface area contributed by atoms with E-state index in [9.17, 15) is 4.79 Å². The van der Waals surface area contributed by atoms with Gasteiger partial charge in [0.05, 0.1) is 26.5 Å². The Kier molecular flexibility index (Phi) is 7.52. The Labute approximate surface area is 200 Å². The maximum absolute atomic E-state index is 12.7. The lowest BCUT2D eigenvalue weighted by Gasteiger charge is -2.22. The van der Waals surface area contributed by atoms with Crippen molar-refractivity contribution in [1.82, 2.24) is 25.0 Å². The van der Waals surface area contributed by atoms with Gasteiger partial charge in [0.1, 0.15) is 17.3 Å². The Balaban J connectivity index is 1.49. The Bertz CT molecular complexity index is 1070. The van der Waals surface area contributed by atoms with Gasteiger partial charge in [-0.3, -0.25) is 9.69 Å². The molecule has 1 amide bonds. The lowest BCUT2D eigenvalue weighted by Crippen LogP contribution is -2.32. The molecule has 0 radical (unpaired) electrons. The number of nitrogens with zero attached hydrogens (tertiary/aromatic N) is 4. The van der Waals surface area contributed by atoms with Crippen LogP contribution in [0.5, 0.6) is 11.5 Å². The zero-order valence-corrected chi connectivity index (χ0v) is 20.3. The molecular formula is C25H33N5O4. The smallest absolute Gasteiger partial charge is 0.287 e. The van der Waals surface area contributed by atoms with E-state index in [4.69, 9.17) is 13.9 Å². The molecule has 1 atom stereocenters. The Morgan fingerprint density at radius 3 is 2.53 bits per heavy atom. The monoisotopic (exact) mass is 467 g/mol. The number of carbonyl (C=O) groups excluding carboxylic acids is 1. The van der Waals surface area contributed by atoms with Crippen LogP contribution in [0.2, 0.25) is 0 Å². The molecule has 1 aliphatic heterocycles. The van der Waals surface area contributed by atoms with Crippen LogP contribution in [-0.4, -0.2) is 52.9 Å². The number of hydrogen-bond acceptors (Lipinski definition) is 7. The van der Waals surface area contributed by atoms with Crippen molar-refractivity contribution in [2.24, 2.45) is 5.92 Å². The van der Waals surface area contributed by atoms with Crippen LogP contribution in [-0.2, 0) is 19.5 Å². The van der Waals surface area contributed by atoms with Crippen molar-refractivity contribution in [2.45, 2.75) is 45.8 Å². The number of carbonyl (C=O) groups is 1. The summed E-state index contributed by atoms with van der Waals surface area (Å²) in [6, 6.07) is 9.10. The number of rotatable bonds is 9. The standard InChI is InChI=1S/C25H33N5O4/c1-17(2)12-21(26-25(31)22-6-5-11-34-22)24-28-27-23-7-8-29(9-10-30(23)24)16-18-13-19(32-3)15-20(14-18)33-4/h5-6,11,13-15,17,21H,7-10,12,16H2,1-4H3,(H,26,31)/t21-/m1/s1. The van der Waals surface area contributed by atoms with Gasteiger partial charge in [-0.15, -0.1) is 10.2 Å². The molecule has 1 aliphatic rings. The Morgan fingerprint density at radius 2 is 1.88 bits per heavy atom. The number of fused-ring (bicyclic) bond motifs is 1. The fourth-order valence-electron chi connectivity index (χ4n) is 4.36. The Morgan fingerprint density at radius 1 is 1.12 bits per heavy atom. The first kappa shape index (κ1) is 23.8. The summed E-state index contributed by atoms with van der Waals surface area (Å²) in [5.41, 5.74) is 1.14. The second-order valence-corrected chi connectivity index (χ2v) is 9.01. The first-order valence-electron chi connectivity index (χ1n) is 11.7. The largest absolute Gasteiger partial charge is 0.497 e. The highest BCUT2D eigenvalue weighted by molar-refractivity contribution is 5.91. The maximum Gasteiger partial charge on any atom is 0.287 e. The molecule has 0 bridgehead atoms. The number of nitrogens with one attached hydrogen (secondary N) is 1. The van der Waals surface area contributed by atoms with Gasteiger partial charge in [0.2, 0.25) is 0 Å². The molecular weight excluding hydrogens is 434 g/mol. The zero-order valence-electron chi connectivity index (χ0n) is 20.3. The van der Waals surface area contributed by atoms with Crippen molar-refractivity contribution in [2.75, 3.05) is 27.3 Å². The minimum absolute atomic E-state index is 0.241. The summed E-state index contributed by atoms with van der Waals surface area (Å²) in [6.07, 6.45) is 3.05. The summed E-state index contributed by atoms with van der Waals surface area (Å²) in [5.74, 6) is 3.75. The van der Waals surface area contributed by atoms with Crippen LogP contribution in [0, 0.1) is 5.92 Å². The molecule has 9 heteroatoms. The molecule has 34 heavy (non-hydrogen) atoms. The highest BCUT2D eigenvalue weighted by Crippen LogP contribution is 2.25. The first-order valence-corrected chi connectivity index (χ1v) is 11.7. The highest BCUT2D eigenvalue weighted by Gasteiger charge is 2.27. The lowest BCUT2D eigenvalue weighted by molar-refractivity contribution is 0.0900. The van der Waals surface area contributed by atoms with Crippen LogP contribution < -0.4 is 14.8 Å². The third-order valence-electron chi connectivity index (χ3n) is 6.03. The summed E-state index contributed by atoms with van der Waals surface area (Å²) in [4.78, 5) is 15.1. The average molecular weight is 468 g/mol. The third kappa shape index (κ3) is 5.59. The molecule has 9 nitrogen and oxygen atoms in total. The van der Waals surface area contributed by atoms with E-state index in [0.29, 0.717) is 11.7 Å². The van der Waals surface area contributed by atoms with E-state index < -0.39 is 0 Å². The molecule has 2 aromatic heterocycles. The van der Waals surface area contributed by atoms with Gasteiger partial charge in [0.15, 0.2) is 11.6 Å².